The van der Waals surface area contributed by atoms with Gasteiger partial charge in [0.15, 0.2) is 16.7 Å². The minimum absolute atomic E-state index is 0. The summed E-state index contributed by atoms with van der Waals surface area (Å²) in [5.74, 6) is 3.38. The van der Waals surface area contributed by atoms with Gasteiger partial charge in [-0.2, -0.15) is 0 Å². The Kier molecular flexibility index (Phi) is 30.4. The molecule has 564 valence electrons. The molecule has 0 amide bonds. The monoisotopic (exact) mass is 1470 g/mol. The lowest BCUT2D eigenvalue weighted by Gasteiger charge is -2.33. The summed E-state index contributed by atoms with van der Waals surface area (Å²) in [5, 5.41) is 20.2. The Labute approximate surface area is 624 Å². The zero-order chi connectivity index (χ0) is 70.7. The number of aryl methyl sites for hydroxylation is 3. The van der Waals surface area contributed by atoms with Gasteiger partial charge in [-0.25, -0.2) is 13.2 Å². The molecule has 6 aromatic carbocycles. The summed E-state index contributed by atoms with van der Waals surface area (Å²) in [6.07, 6.45) is 19.5. The average Bonchev–Trinajstić information content (AvgIpc) is 1.62. The first-order valence-corrected chi connectivity index (χ1v) is 37.3. The van der Waals surface area contributed by atoms with Crippen LogP contribution in [0.15, 0.2) is 123 Å². The number of rotatable bonds is 28. The number of piperidine rings is 3. The molecular weight excluding hydrogens is 1370 g/mol. The maximum atomic E-state index is 13.2. The second kappa shape index (κ2) is 39.7. The van der Waals surface area contributed by atoms with E-state index in [4.69, 9.17) is 37.3 Å². The predicted molar refractivity (Wildman–Crippen MR) is 408 cm³/mol. The van der Waals surface area contributed by atoms with Crippen molar-refractivity contribution in [3.8, 4) is 17.2 Å². The number of benzene rings is 6. The Morgan fingerprint density at radius 2 is 0.721 bits per heavy atom. The molecule has 3 aromatic heterocycles. The molecule has 14 rings (SSSR count). The third-order valence-corrected chi connectivity index (χ3v) is 21.0. The molecule has 5 aliphatic heterocycles. The normalized spacial score (nSPS) is 17.9. The molecule has 0 radical (unpaired) electrons. The molecule has 9 aromatic rings. The molecule has 104 heavy (non-hydrogen) atoms. The van der Waals surface area contributed by atoms with Crippen LogP contribution in [-0.4, -0.2) is 160 Å². The second-order valence-electron chi connectivity index (χ2n) is 29.6. The minimum Gasteiger partial charge on any atom is -0.489 e. The van der Waals surface area contributed by atoms with Crippen LogP contribution in [0.3, 0.4) is 0 Å². The fourth-order valence-electron chi connectivity index (χ4n) is 15.2. The topological polar surface area (TPSA) is 152 Å². The summed E-state index contributed by atoms with van der Waals surface area (Å²) in [4.78, 5) is 11.5. The zero-order valence-corrected chi connectivity index (χ0v) is 63.3. The van der Waals surface area contributed by atoms with Crippen molar-refractivity contribution in [1.82, 2.24) is 45.3 Å². The van der Waals surface area contributed by atoms with Gasteiger partial charge >= 0.3 is 0 Å². The highest BCUT2D eigenvalue weighted by atomic mass is 35.5. The lowest BCUT2D eigenvalue weighted by atomic mass is 9.90. The Morgan fingerprint density at radius 3 is 1.01 bits per heavy atom. The molecular formula is C82H108Cl2F3N9O8. The average molecular weight is 1480 g/mol. The first kappa shape index (κ1) is 79.7. The molecule has 0 saturated carbocycles. The molecule has 0 spiro atoms. The fraction of sp³-hybridized carbons (Fsp3) is 0.524. The Balaban J connectivity index is 0.000000167. The Bertz CT molecular complexity index is 3850. The molecule has 2 atom stereocenters. The number of nitrogens with one attached hydrogen (secondary N) is 1. The van der Waals surface area contributed by atoms with Crippen molar-refractivity contribution in [2.75, 3.05) is 108 Å². The van der Waals surface area contributed by atoms with Gasteiger partial charge in [-0.05, 0) is 310 Å². The van der Waals surface area contributed by atoms with E-state index >= 15 is 0 Å². The van der Waals surface area contributed by atoms with Gasteiger partial charge in [0.25, 0.3) is 0 Å². The SMILES string of the molecule is CN(C)Cc1c(COc2ccc(F)cc2)ccc2c(CCC3CCN(CC4CCCO4)CC3)noc12.CN(C)Cc1c(COc2ccc(F)cc2)ccc2c(CCC3CCN(CC4CCCO4)CC3)noc12.CN(C)Cc1c(COc2ccc(F)cc2)ccc2c(CCC3CCNCC3)noc12.Cl.Cl. The summed E-state index contributed by atoms with van der Waals surface area (Å²) in [5.41, 5.74) is 12.2. The van der Waals surface area contributed by atoms with Gasteiger partial charge in [0.2, 0.25) is 0 Å². The lowest BCUT2D eigenvalue weighted by molar-refractivity contribution is 0.0591. The van der Waals surface area contributed by atoms with E-state index in [2.05, 4.69) is 81.7 Å². The zero-order valence-electron chi connectivity index (χ0n) is 61.7. The van der Waals surface area contributed by atoms with Crippen LogP contribution < -0.4 is 19.5 Å². The van der Waals surface area contributed by atoms with Crippen LogP contribution in [0.4, 0.5) is 13.2 Å². The minimum atomic E-state index is -0.268. The van der Waals surface area contributed by atoms with Gasteiger partial charge in [-0.1, -0.05) is 33.7 Å². The predicted octanol–water partition coefficient (Wildman–Crippen LogP) is 16.2. The van der Waals surface area contributed by atoms with Crippen molar-refractivity contribution in [2.24, 2.45) is 17.8 Å². The molecule has 5 aliphatic rings. The molecule has 5 saturated heterocycles. The van der Waals surface area contributed by atoms with Crippen molar-refractivity contribution in [3.63, 3.8) is 0 Å². The fourth-order valence-corrected chi connectivity index (χ4v) is 15.2. The van der Waals surface area contributed by atoms with E-state index in [0.717, 1.165) is 199 Å². The second-order valence-corrected chi connectivity index (χ2v) is 29.6. The Morgan fingerprint density at radius 1 is 0.413 bits per heavy atom. The first-order valence-electron chi connectivity index (χ1n) is 37.3. The number of ether oxygens (including phenoxy) is 5. The highest BCUT2D eigenvalue weighted by molar-refractivity contribution is 5.86. The summed E-state index contributed by atoms with van der Waals surface area (Å²) < 4.78 is 86.7. The van der Waals surface area contributed by atoms with Crippen molar-refractivity contribution in [3.05, 3.63) is 177 Å². The molecule has 0 aliphatic carbocycles. The number of hydrogen-bond acceptors (Lipinski definition) is 17. The standard InChI is InChI=1S/2C29H38FN3O3.C24H30FN3O2.2ClH/c2*1-32(2)19-27-22(20-35-24-9-7-23(30)8-10-24)6-11-26-28(31-36-29(26)27)12-5-21-13-15-33(16-14-21)18-25-4-3-17-34-25;1-28(2)15-22-18(16-29-20-7-5-19(25)6-8-20)4-9-21-23(27-30-24(21)22)10-3-17-11-13-26-14-12-17;;/h2*6-11,21,25H,3-5,12-20H2,1-2H3;4-9,17,26H,3,10-16H2,1-2H3;2*1H. The smallest absolute Gasteiger partial charge is 0.172 e. The van der Waals surface area contributed by atoms with Crippen molar-refractivity contribution < 1.29 is 50.4 Å². The molecule has 0 bridgehead atoms. The summed E-state index contributed by atoms with van der Waals surface area (Å²) >= 11 is 0. The molecule has 22 heteroatoms. The summed E-state index contributed by atoms with van der Waals surface area (Å²) in [6, 6.07) is 31.1. The van der Waals surface area contributed by atoms with Gasteiger partial charge < -0.3 is 67.1 Å². The van der Waals surface area contributed by atoms with E-state index < -0.39 is 0 Å². The number of likely N-dealkylation sites (tertiary alicyclic amines) is 2. The van der Waals surface area contributed by atoms with Crippen LogP contribution in [0.2, 0.25) is 0 Å². The maximum Gasteiger partial charge on any atom is 0.172 e. The number of hydrogen-bond donors (Lipinski definition) is 1. The molecule has 8 heterocycles. The molecule has 2 unspecified atom stereocenters. The van der Waals surface area contributed by atoms with Gasteiger partial charge in [-0.3, -0.25) is 0 Å². The van der Waals surface area contributed by atoms with E-state index in [1.807, 2.05) is 42.3 Å². The maximum absolute atomic E-state index is 13.2. The van der Waals surface area contributed by atoms with Crippen LogP contribution in [0.1, 0.15) is 134 Å². The highest BCUT2D eigenvalue weighted by Gasteiger charge is 2.28. The van der Waals surface area contributed by atoms with Gasteiger partial charge in [0.05, 0.1) is 29.3 Å². The molecule has 1 N–H and O–H groups in total. The highest BCUT2D eigenvalue weighted by Crippen LogP contribution is 2.35. The number of nitrogens with zero attached hydrogens (tertiary/aromatic N) is 8. The third-order valence-electron chi connectivity index (χ3n) is 21.0. The van der Waals surface area contributed by atoms with E-state index in [9.17, 15) is 13.2 Å². The molecule has 5 fully saturated rings. The van der Waals surface area contributed by atoms with Crippen LogP contribution in [-0.2, 0) is 68.2 Å². The van der Waals surface area contributed by atoms with Crippen molar-refractivity contribution >= 4 is 57.7 Å². The quantitative estimate of drug-likeness (QED) is 0.0494. The Hall–Kier alpha value is -6.82. The first-order chi connectivity index (χ1) is 49.7. The largest absolute Gasteiger partial charge is 0.489 e. The molecule has 17 nitrogen and oxygen atoms in total. The van der Waals surface area contributed by atoms with Crippen LogP contribution in [0.5, 0.6) is 17.2 Å². The summed E-state index contributed by atoms with van der Waals surface area (Å²) in [7, 11) is 12.3. The van der Waals surface area contributed by atoms with Crippen LogP contribution >= 0.6 is 24.8 Å². The number of aromatic nitrogens is 3. The van der Waals surface area contributed by atoms with E-state index in [-0.39, 0.29) is 42.3 Å². The van der Waals surface area contributed by atoms with Crippen LogP contribution in [0, 0.1) is 35.2 Å². The summed E-state index contributed by atoms with van der Waals surface area (Å²) in [6.45, 7) is 14.4. The van der Waals surface area contributed by atoms with Crippen molar-refractivity contribution in [2.45, 2.75) is 154 Å². The lowest BCUT2D eigenvalue weighted by Crippen LogP contribution is -2.38. The number of fused-ring (bicyclic) bond motifs is 3. The van der Waals surface area contributed by atoms with E-state index in [1.54, 1.807) is 36.4 Å². The number of halogens is 5. The van der Waals surface area contributed by atoms with Gasteiger partial charge in [-0.15, -0.1) is 24.8 Å². The third kappa shape index (κ3) is 22.6. The van der Waals surface area contributed by atoms with Gasteiger partial charge in [0.1, 0.15) is 54.5 Å². The van der Waals surface area contributed by atoms with Gasteiger partial charge in [0, 0.05) is 78.8 Å². The van der Waals surface area contributed by atoms with Crippen molar-refractivity contribution in [1.29, 1.82) is 0 Å². The van der Waals surface area contributed by atoms with E-state index in [0.29, 0.717) is 49.3 Å². The van der Waals surface area contributed by atoms with Crippen LogP contribution in [0.25, 0.3) is 32.9 Å². The van der Waals surface area contributed by atoms with E-state index in [1.165, 1.54) is 127 Å².